The summed E-state index contributed by atoms with van der Waals surface area (Å²) < 4.78 is 5.36. The molecule has 0 saturated carbocycles. The maximum Gasteiger partial charge on any atom is 0.251 e. The van der Waals surface area contributed by atoms with Crippen LogP contribution in [-0.4, -0.2) is 18.1 Å². The minimum absolute atomic E-state index is 0.132. The van der Waals surface area contributed by atoms with Gasteiger partial charge in [0.15, 0.2) is 0 Å². The molecule has 0 radical (unpaired) electrons. The Morgan fingerprint density at radius 1 is 1.30 bits per heavy atom. The Balaban J connectivity index is 2.10. The number of hydrogen-bond donors (Lipinski definition) is 3. The zero-order chi connectivity index (χ0) is 14.5. The number of anilines is 1. The van der Waals surface area contributed by atoms with E-state index in [2.05, 4.69) is 10.6 Å². The molecular weight excluding hydrogens is 280 g/mol. The van der Waals surface area contributed by atoms with E-state index in [0.717, 1.165) is 0 Å². The molecule has 106 valence electrons. The number of hydrogen-bond acceptors (Lipinski definition) is 4. The molecule has 1 aromatic carbocycles. The van der Waals surface area contributed by atoms with Crippen molar-refractivity contribution in [2.24, 2.45) is 0 Å². The Bertz CT molecular complexity index is 610. The minimum atomic E-state index is -0.176. The number of carbonyl (C=O) groups excluding carboxylic acids is 1. The summed E-state index contributed by atoms with van der Waals surface area (Å²) in [5.74, 6) is 1.01. The number of furan rings is 1. The molecule has 1 aromatic heterocycles. The average molecular weight is 295 g/mol. The molecule has 3 N–H and O–H groups in total. The van der Waals surface area contributed by atoms with E-state index in [-0.39, 0.29) is 12.5 Å². The van der Waals surface area contributed by atoms with Crippen molar-refractivity contribution in [2.45, 2.75) is 13.2 Å². The summed E-state index contributed by atoms with van der Waals surface area (Å²) in [6.45, 7) is 0.282. The fraction of sp³-hybridized carbons (Fsp3) is 0.214. The quantitative estimate of drug-likeness (QED) is 0.791. The molecule has 0 aliphatic heterocycles. The summed E-state index contributed by atoms with van der Waals surface area (Å²) in [6, 6.07) is 8.48. The maximum absolute atomic E-state index is 11.6. The highest BCUT2D eigenvalue weighted by Gasteiger charge is 2.08. The van der Waals surface area contributed by atoms with Gasteiger partial charge in [-0.2, -0.15) is 0 Å². The highest BCUT2D eigenvalue weighted by atomic mass is 35.5. The fourth-order valence-electron chi connectivity index (χ4n) is 1.73. The van der Waals surface area contributed by atoms with E-state index < -0.39 is 0 Å². The number of carbonyl (C=O) groups is 1. The van der Waals surface area contributed by atoms with E-state index in [9.17, 15) is 4.79 Å². The molecule has 5 nitrogen and oxygen atoms in total. The number of amides is 1. The first-order valence-corrected chi connectivity index (χ1v) is 6.45. The summed E-state index contributed by atoms with van der Waals surface area (Å²) in [5.41, 5.74) is 1.17. The van der Waals surface area contributed by atoms with Gasteiger partial charge in [0.1, 0.15) is 18.1 Å². The van der Waals surface area contributed by atoms with Gasteiger partial charge in [0, 0.05) is 12.6 Å². The van der Waals surface area contributed by atoms with Crippen LogP contribution in [0.15, 0.2) is 34.7 Å². The van der Waals surface area contributed by atoms with Gasteiger partial charge in [0.25, 0.3) is 5.91 Å². The number of nitrogens with one attached hydrogen (secondary N) is 2. The van der Waals surface area contributed by atoms with Crippen molar-refractivity contribution in [3.05, 3.63) is 52.4 Å². The highest BCUT2D eigenvalue weighted by molar-refractivity contribution is 6.33. The second-order valence-electron chi connectivity index (χ2n) is 4.15. The zero-order valence-electron chi connectivity index (χ0n) is 10.9. The number of halogens is 1. The van der Waals surface area contributed by atoms with Crippen molar-refractivity contribution >= 4 is 23.2 Å². The molecule has 0 spiro atoms. The SMILES string of the molecule is CNC(=O)c1ccc(Cl)c(NCc2ccc(CO)o2)c1. The monoisotopic (exact) mass is 294 g/mol. The van der Waals surface area contributed by atoms with Gasteiger partial charge in [-0.15, -0.1) is 0 Å². The van der Waals surface area contributed by atoms with Crippen molar-refractivity contribution in [1.82, 2.24) is 5.32 Å². The lowest BCUT2D eigenvalue weighted by molar-refractivity contribution is 0.0963. The van der Waals surface area contributed by atoms with Gasteiger partial charge in [0.2, 0.25) is 0 Å². The number of benzene rings is 1. The highest BCUT2D eigenvalue weighted by Crippen LogP contribution is 2.24. The van der Waals surface area contributed by atoms with Crippen LogP contribution >= 0.6 is 11.6 Å². The van der Waals surface area contributed by atoms with Crippen molar-refractivity contribution in [2.75, 3.05) is 12.4 Å². The van der Waals surface area contributed by atoms with Gasteiger partial charge in [-0.05, 0) is 30.3 Å². The first-order valence-electron chi connectivity index (χ1n) is 6.08. The summed E-state index contributed by atoms with van der Waals surface area (Å²) >= 11 is 6.08. The number of aliphatic hydroxyl groups is 1. The third-order valence-electron chi connectivity index (χ3n) is 2.78. The number of aliphatic hydroxyl groups excluding tert-OH is 1. The first-order chi connectivity index (χ1) is 9.63. The Kier molecular flexibility index (Phi) is 4.65. The fourth-order valence-corrected chi connectivity index (χ4v) is 1.92. The van der Waals surface area contributed by atoms with Crippen molar-refractivity contribution in [3.63, 3.8) is 0 Å². The molecule has 2 rings (SSSR count). The van der Waals surface area contributed by atoms with Crippen LogP contribution in [0.5, 0.6) is 0 Å². The van der Waals surface area contributed by atoms with E-state index in [4.69, 9.17) is 21.1 Å². The van der Waals surface area contributed by atoms with E-state index >= 15 is 0 Å². The topological polar surface area (TPSA) is 74.5 Å². The van der Waals surface area contributed by atoms with Crippen LogP contribution in [0.2, 0.25) is 5.02 Å². The van der Waals surface area contributed by atoms with Gasteiger partial charge in [0.05, 0.1) is 17.3 Å². The predicted molar refractivity (Wildman–Crippen MR) is 76.8 cm³/mol. The molecule has 0 unspecified atom stereocenters. The number of rotatable bonds is 5. The zero-order valence-corrected chi connectivity index (χ0v) is 11.7. The lowest BCUT2D eigenvalue weighted by atomic mass is 10.2. The standard InChI is InChI=1S/C14H15ClN2O3/c1-16-14(19)9-2-5-12(15)13(6-9)17-7-10-3-4-11(8-18)20-10/h2-6,17-18H,7-8H2,1H3,(H,16,19). The van der Waals surface area contributed by atoms with Crippen LogP contribution in [0.4, 0.5) is 5.69 Å². The Labute approximate surface area is 121 Å². The molecule has 6 heteroatoms. The molecule has 1 amide bonds. The summed E-state index contributed by atoms with van der Waals surface area (Å²) in [5, 5.41) is 15.1. The first kappa shape index (κ1) is 14.4. The smallest absolute Gasteiger partial charge is 0.251 e. The molecule has 0 aliphatic carbocycles. The van der Waals surface area contributed by atoms with E-state index in [0.29, 0.717) is 34.3 Å². The van der Waals surface area contributed by atoms with Crippen molar-refractivity contribution in [3.8, 4) is 0 Å². The Hall–Kier alpha value is -1.98. The molecule has 0 saturated heterocycles. The van der Waals surface area contributed by atoms with Crippen LogP contribution < -0.4 is 10.6 Å². The van der Waals surface area contributed by atoms with Gasteiger partial charge in [-0.1, -0.05) is 11.6 Å². The lowest BCUT2D eigenvalue weighted by Gasteiger charge is -2.09. The van der Waals surface area contributed by atoms with Crippen LogP contribution in [0.1, 0.15) is 21.9 Å². The predicted octanol–water partition coefficient (Wildman–Crippen LogP) is 2.40. The molecule has 20 heavy (non-hydrogen) atoms. The molecular formula is C14H15ClN2O3. The largest absolute Gasteiger partial charge is 0.462 e. The molecule has 2 aromatic rings. The third-order valence-corrected chi connectivity index (χ3v) is 3.11. The van der Waals surface area contributed by atoms with E-state index in [1.54, 1.807) is 37.4 Å². The van der Waals surface area contributed by atoms with E-state index in [1.165, 1.54) is 0 Å². The third kappa shape index (κ3) is 3.31. The summed E-state index contributed by atoms with van der Waals surface area (Å²) in [7, 11) is 1.57. The Morgan fingerprint density at radius 3 is 2.70 bits per heavy atom. The second-order valence-corrected chi connectivity index (χ2v) is 4.56. The van der Waals surface area contributed by atoms with Crippen LogP contribution in [0, 0.1) is 0 Å². The molecule has 0 bridgehead atoms. The molecule has 1 heterocycles. The second kappa shape index (κ2) is 6.45. The minimum Gasteiger partial charge on any atom is -0.462 e. The summed E-state index contributed by atoms with van der Waals surface area (Å²) in [6.07, 6.45) is 0. The summed E-state index contributed by atoms with van der Waals surface area (Å²) in [4.78, 5) is 11.6. The van der Waals surface area contributed by atoms with Gasteiger partial charge in [-0.3, -0.25) is 4.79 Å². The van der Waals surface area contributed by atoms with Crippen LogP contribution in [-0.2, 0) is 13.2 Å². The average Bonchev–Trinajstić information content (AvgIpc) is 2.93. The van der Waals surface area contributed by atoms with Crippen molar-refractivity contribution < 1.29 is 14.3 Å². The van der Waals surface area contributed by atoms with E-state index in [1.807, 2.05) is 0 Å². The molecule has 0 atom stereocenters. The Morgan fingerprint density at radius 2 is 2.05 bits per heavy atom. The van der Waals surface area contributed by atoms with Crippen molar-refractivity contribution in [1.29, 1.82) is 0 Å². The van der Waals surface area contributed by atoms with Crippen LogP contribution in [0.25, 0.3) is 0 Å². The normalized spacial score (nSPS) is 10.3. The van der Waals surface area contributed by atoms with Crippen LogP contribution in [0.3, 0.4) is 0 Å². The molecule has 0 fully saturated rings. The lowest BCUT2D eigenvalue weighted by Crippen LogP contribution is -2.17. The molecule has 0 aliphatic rings. The van der Waals surface area contributed by atoms with Gasteiger partial charge >= 0.3 is 0 Å². The van der Waals surface area contributed by atoms with Gasteiger partial charge in [-0.25, -0.2) is 0 Å². The van der Waals surface area contributed by atoms with Gasteiger partial charge < -0.3 is 20.2 Å². The maximum atomic E-state index is 11.6.